The Hall–Kier alpha value is -2.08. The number of piperidine rings is 1. The Morgan fingerprint density at radius 3 is 2.64 bits per heavy atom. The second-order valence-corrected chi connectivity index (χ2v) is 6.44. The van der Waals surface area contributed by atoms with Gasteiger partial charge in [-0.1, -0.05) is 6.07 Å². The molecule has 0 radical (unpaired) electrons. The smallest absolute Gasteiger partial charge is 0.298 e. The van der Waals surface area contributed by atoms with Crippen molar-refractivity contribution in [1.82, 2.24) is 9.88 Å². The van der Waals surface area contributed by atoms with Crippen LogP contribution >= 0.6 is 0 Å². The fourth-order valence-corrected chi connectivity index (χ4v) is 3.64. The van der Waals surface area contributed by atoms with Crippen molar-refractivity contribution in [3.05, 3.63) is 23.8 Å². The van der Waals surface area contributed by atoms with Crippen molar-refractivity contribution < 1.29 is 9.21 Å². The normalized spacial score (nSPS) is 21.2. The van der Waals surface area contributed by atoms with E-state index >= 15 is 0 Å². The van der Waals surface area contributed by atoms with Crippen LogP contribution in [0.1, 0.15) is 29.6 Å². The van der Waals surface area contributed by atoms with Gasteiger partial charge in [-0.3, -0.25) is 4.79 Å². The van der Waals surface area contributed by atoms with E-state index in [1.807, 2.05) is 6.07 Å². The minimum atomic E-state index is -0.469. The molecule has 2 aliphatic heterocycles. The Labute approximate surface area is 128 Å². The van der Waals surface area contributed by atoms with Crippen LogP contribution in [0.3, 0.4) is 0 Å². The van der Waals surface area contributed by atoms with Crippen molar-refractivity contribution in [2.75, 3.05) is 31.6 Å². The van der Waals surface area contributed by atoms with E-state index in [9.17, 15) is 4.79 Å². The van der Waals surface area contributed by atoms with Gasteiger partial charge < -0.3 is 20.0 Å². The predicted molar refractivity (Wildman–Crippen MR) is 84.0 cm³/mol. The summed E-state index contributed by atoms with van der Waals surface area (Å²) in [6.45, 7) is 3.16. The first-order valence-corrected chi connectivity index (χ1v) is 7.75. The van der Waals surface area contributed by atoms with Gasteiger partial charge in [0.05, 0.1) is 5.56 Å². The number of oxazole rings is 1. The summed E-state index contributed by atoms with van der Waals surface area (Å²) in [5.74, 6) is -0.469. The van der Waals surface area contributed by atoms with Crippen LogP contribution in [-0.4, -0.2) is 48.0 Å². The number of primary amides is 1. The summed E-state index contributed by atoms with van der Waals surface area (Å²) in [6, 6.07) is 5.93. The number of hydrogen-bond donors (Lipinski definition) is 1. The van der Waals surface area contributed by atoms with Gasteiger partial charge in [0, 0.05) is 25.2 Å². The number of carbonyl (C=O) groups excluding carboxylic acids is 1. The van der Waals surface area contributed by atoms with E-state index in [1.165, 1.54) is 6.42 Å². The second kappa shape index (κ2) is 4.71. The molecule has 1 amide bonds. The third-order valence-electron chi connectivity index (χ3n) is 5.20. The monoisotopic (exact) mass is 300 g/mol. The number of carbonyl (C=O) groups is 1. The van der Waals surface area contributed by atoms with Gasteiger partial charge in [0.15, 0.2) is 5.58 Å². The first-order valence-electron chi connectivity index (χ1n) is 7.75. The Morgan fingerprint density at radius 2 is 2.00 bits per heavy atom. The Morgan fingerprint density at radius 1 is 1.27 bits per heavy atom. The molecule has 3 heterocycles. The summed E-state index contributed by atoms with van der Waals surface area (Å²) < 4.78 is 5.91. The molecule has 6 nitrogen and oxygen atoms in total. The highest BCUT2D eigenvalue weighted by molar-refractivity contribution is 6.03. The standard InChI is InChI=1S/C16H20N4O2/c1-19-8-5-16(6-9-19)7-10-20(16)15-18-13-11(14(17)21)3-2-4-12(13)22-15/h2-4H,5-10H2,1H3,(H2,17,21). The highest BCUT2D eigenvalue weighted by atomic mass is 16.4. The number of hydrogen-bond acceptors (Lipinski definition) is 5. The molecule has 0 bridgehead atoms. The lowest BCUT2D eigenvalue weighted by molar-refractivity contribution is 0.100. The van der Waals surface area contributed by atoms with Crippen molar-refractivity contribution >= 4 is 23.0 Å². The van der Waals surface area contributed by atoms with Crippen LogP contribution < -0.4 is 10.6 Å². The van der Waals surface area contributed by atoms with Crippen molar-refractivity contribution in [2.24, 2.45) is 5.73 Å². The molecule has 2 N–H and O–H groups in total. The number of fused-ring (bicyclic) bond motifs is 1. The van der Waals surface area contributed by atoms with E-state index in [2.05, 4.69) is 21.8 Å². The maximum atomic E-state index is 11.5. The molecule has 22 heavy (non-hydrogen) atoms. The summed E-state index contributed by atoms with van der Waals surface area (Å²) >= 11 is 0. The quantitative estimate of drug-likeness (QED) is 0.911. The Balaban J connectivity index is 1.70. The number of anilines is 1. The number of rotatable bonds is 2. The van der Waals surface area contributed by atoms with Crippen molar-refractivity contribution in [3.8, 4) is 0 Å². The molecule has 2 fully saturated rings. The van der Waals surface area contributed by atoms with Crippen molar-refractivity contribution in [3.63, 3.8) is 0 Å². The van der Waals surface area contributed by atoms with E-state index in [0.717, 1.165) is 32.5 Å². The molecule has 0 aliphatic carbocycles. The number of amides is 1. The molecule has 0 atom stereocenters. The van der Waals surface area contributed by atoms with E-state index < -0.39 is 5.91 Å². The van der Waals surface area contributed by atoms with Gasteiger partial charge in [-0.25, -0.2) is 0 Å². The summed E-state index contributed by atoms with van der Waals surface area (Å²) in [6.07, 6.45) is 3.44. The molecule has 2 saturated heterocycles. The minimum absolute atomic E-state index is 0.181. The molecule has 0 saturated carbocycles. The molecule has 6 heteroatoms. The molecule has 0 unspecified atom stereocenters. The number of nitrogens with two attached hydrogens (primary N) is 1. The van der Waals surface area contributed by atoms with Crippen LogP contribution in [0.5, 0.6) is 0 Å². The summed E-state index contributed by atoms with van der Waals surface area (Å²) in [7, 11) is 2.16. The van der Waals surface area contributed by atoms with Gasteiger partial charge >= 0.3 is 0 Å². The predicted octanol–water partition coefficient (Wildman–Crippen LogP) is 1.60. The average molecular weight is 300 g/mol. The van der Waals surface area contributed by atoms with Crippen molar-refractivity contribution in [2.45, 2.75) is 24.8 Å². The zero-order valence-corrected chi connectivity index (χ0v) is 12.7. The van der Waals surface area contributed by atoms with Crippen LogP contribution in [0.15, 0.2) is 22.6 Å². The Kier molecular flexibility index (Phi) is 2.91. The van der Waals surface area contributed by atoms with Crippen LogP contribution in [0.25, 0.3) is 11.1 Å². The number of benzene rings is 1. The highest BCUT2D eigenvalue weighted by Gasteiger charge is 2.48. The molecule has 1 aromatic heterocycles. The zero-order valence-electron chi connectivity index (χ0n) is 12.7. The zero-order chi connectivity index (χ0) is 15.3. The van der Waals surface area contributed by atoms with Crippen LogP contribution in [-0.2, 0) is 0 Å². The average Bonchev–Trinajstić information content (AvgIpc) is 2.89. The molecule has 1 spiro atoms. The third kappa shape index (κ3) is 1.90. The summed E-state index contributed by atoms with van der Waals surface area (Å²) in [5, 5.41) is 0. The number of likely N-dealkylation sites (tertiary alicyclic amines) is 1. The van der Waals surface area contributed by atoms with E-state index in [1.54, 1.807) is 12.1 Å². The maximum absolute atomic E-state index is 11.5. The second-order valence-electron chi connectivity index (χ2n) is 6.44. The number of aromatic nitrogens is 1. The van der Waals surface area contributed by atoms with Crippen LogP contribution in [0.2, 0.25) is 0 Å². The number of nitrogens with zero attached hydrogens (tertiary/aromatic N) is 3. The minimum Gasteiger partial charge on any atom is -0.423 e. The van der Waals surface area contributed by atoms with Gasteiger partial charge in [-0.15, -0.1) is 0 Å². The summed E-state index contributed by atoms with van der Waals surface area (Å²) in [5.41, 5.74) is 7.22. The molecule has 4 rings (SSSR count). The maximum Gasteiger partial charge on any atom is 0.298 e. The molecular formula is C16H20N4O2. The van der Waals surface area contributed by atoms with E-state index in [4.69, 9.17) is 10.2 Å². The SMILES string of the molecule is CN1CCC2(CC1)CCN2c1nc2c(C(N)=O)cccc2o1. The molecule has 2 aliphatic rings. The van der Waals surface area contributed by atoms with Gasteiger partial charge in [-0.2, -0.15) is 4.98 Å². The Bertz CT molecular complexity index is 731. The van der Waals surface area contributed by atoms with Gasteiger partial charge in [-0.05, 0) is 38.4 Å². The van der Waals surface area contributed by atoms with Crippen LogP contribution in [0.4, 0.5) is 6.01 Å². The highest BCUT2D eigenvalue weighted by Crippen LogP contribution is 2.43. The lowest BCUT2D eigenvalue weighted by atomic mass is 9.77. The van der Waals surface area contributed by atoms with E-state index in [0.29, 0.717) is 22.7 Å². The lowest BCUT2D eigenvalue weighted by Gasteiger charge is -2.55. The lowest BCUT2D eigenvalue weighted by Crippen LogP contribution is -2.64. The molecular weight excluding hydrogens is 280 g/mol. The van der Waals surface area contributed by atoms with Gasteiger partial charge in [0.25, 0.3) is 11.9 Å². The molecule has 116 valence electrons. The van der Waals surface area contributed by atoms with Gasteiger partial charge in [0.1, 0.15) is 5.52 Å². The van der Waals surface area contributed by atoms with Gasteiger partial charge in [0.2, 0.25) is 0 Å². The van der Waals surface area contributed by atoms with E-state index in [-0.39, 0.29) is 5.54 Å². The summed E-state index contributed by atoms with van der Waals surface area (Å²) in [4.78, 5) is 20.7. The van der Waals surface area contributed by atoms with Crippen LogP contribution in [0, 0.1) is 0 Å². The fourth-order valence-electron chi connectivity index (χ4n) is 3.64. The molecule has 1 aromatic carbocycles. The largest absolute Gasteiger partial charge is 0.423 e. The third-order valence-corrected chi connectivity index (χ3v) is 5.20. The first kappa shape index (κ1) is 13.6. The molecule has 2 aromatic rings. The fraction of sp³-hybridized carbons (Fsp3) is 0.500. The number of para-hydroxylation sites is 1. The van der Waals surface area contributed by atoms with Crippen molar-refractivity contribution in [1.29, 1.82) is 0 Å². The topological polar surface area (TPSA) is 75.6 Å². The first-order chi connectivity index (χ1) is 10.6.